The van der Waals surface area contributed by atoms with Crippen molar-refractivity contribution in [3.63, 3.8) is 0 Å². The van der Waals surface area contributed by atoms with Crippen LogP contribution in [0.5, 0.6) is 0 Å². The second-order valence-electron chi connectivity index (χ2n) is 5.38. The molecular formula is C21H21PS3. The molecule has 3 aromatic carbocycles. The third-order valence-electron chi connectivity index (χ3n) is 3.98. The quantitative estimate of drug-likeness (QED) is 0.390. The van der Waals surface area contributed by atoms with E-state index in [4.69, 9.17) is 0 Å². The van der Waals surface area contributed by atoms with Crippen molar-refractivity contribution < 1.29 is 0 Å². The zero-order valence-corrected chi connectivity index (χ0v) is 17.9. The average Bonchev–Trinajstić information content (AvgIpc) is 2.69. The van der Waals surface area contributed by atoms with Gasteiger partial charge in [0.15, 0.2) is 0 Å². The average molecular weight is 401 g/mol. The Kier molecular flexibility index (Phi) is 6.95. The van der Waals surface area contributed by atoms with Gasteiger partial charge in [-0.05, 0) is 66.9 Å². The zero-order chi connectivity index (χ0) is 17.6. The molecule has 0 aliphatic rings. The highest BCUT2D eigenvalue weighted by molar-refractivity contribution is 8.00. The number of hydrogen-bond donors (Lipinski definition) is 0. The summed E-state index contributed by atoms with van der Waals surface area (Å²) in [6.07, 6.45) is 6.47. The number of hydrogen-bond acceptors (Lipinski definition) is 3. The van der Waals surface area contributed by atoms with Gasteiger partial charge in [0.2, 0.25) is 0 Å². The Balaban J connectivity index is 2.20. The van der Waals surface area contributed by atoms with Crippen molar-refractivity contribution in [3.05, 3.63) is 72.8 Å². The molecule has 0 fully saturated rings. The molecule has 0 heterocycles. The van der Waals surface area contributed by atoms with Crippen LogP contribution in [0, 0.1) is 0 Å². The van der Waals surface area contributed by atoms with E-state index in [2.05, 4.69) is 91.6 Å². The van der Waals surface area contributed by atoms with Gasteiger partial charge in [-0.1, -0.05) is 48.5 Å². The third-order valence-corrected chi connectivity index (χ3v) is 9.18. The van der Waals surface area contributed by atoms with Crippen LogP contribution in [-0.2, 0) is 0 Å². The molecule has 0 amide bonds. The molecule has 0 aliphatic heterocycles. The molecule has 0 N–H and O–H groups in total. The Morgan fingerprint density at radius 1 is 0.560 bits per heavy atom. The lowest BCUT2D eigenvalue weighted by Crippen LogP contribution is -2.23. The minimum absolute atomic E-state index is 0.568. The van der Waals surface area contributed by atoms with Crippen molar-refractivity contribution in [1.82, 2.24) is 0 Å². The maximum absolute atomic E-state index is 2.31. The highest BCUT2D eigenvalue weighted by atomic mass is 32.2. The lowest BCUT2D eigenvalue weighted by Gasteiger charge is -2.23. The van der Waals surface area contributed by atoms with Gasteiger partial charge in [-0.15, -0.1) is 35.3 Å². The normalized spacial score (nSPS) is 11.0. The first-order valence-electron chi connectivity index (χ1n) is 7.98. The third kappa shape index (κ3) is 4.28. The Bertz CT molecular complexity index is 783. The Morgan fingerprint density at radius 2 is 1.04 bits per heavy atom. The Labute approximate surface area is 165 Å². The summed E-state index contributed by atoms with van der Waals surface area (Å²) in [4.78, 5) is 4.06. The van der Waals surface area contributed by atoms with E-state index in [9.17, 15) is 0 Å². The van der Waals surface area contributed by atoms with Gasteiger partial charge in [-0.25, -0.2) is 0 Å². The lowest BCUT2D eigenvalue weighted by atomic mass is 10.3. The van der Waals surface area contributed by atoms with E-state index < -0.39 is 7.92 Å². The maximum atomic E-state index is 2.31. The molecule has 25 heavy (non-hydrogen) atoms. The van der Waals surface area contributed by atoms with Gasteiger partial charge in [0.05, 0.1) is 0 Å². The fourth-order valence-corrected chi connectivity index (χ4v) is 7.58. The molecule has 0 bridgehead atoms. The van der Waals surface area contributed by atoms with Gasteiger partial charge >= 0.3 is 0 Å². The van der Waals surface area contributed by atoms with Gasteiger partial charge in [-0.3, -0.25) is 0 Å². The fourth-order valence-electron chi connectivity index (χ4n) is 2.77. The lowest BCUT2D eigenvalue weighted by molar-refractivity contribution is 1.48. The van der Waals surface area contributed by atoms with Gasteiger partial charge in [0.1, 0.15) is 0 Å². The van der Waals surface area contributed by atoms with Crippen molar-refractivity contribution in [2.24, 2.45) is 0 Å². The summed E-state index contributed by atoms with van der Waals surface area (Å²) in [6, 6.07) is 26.8. The second-order valence-corrected chi connectivity index (χ2v) is 10.1. The summed E-state index contributed by atoms with van der Waals surface area (Å²) in [5.41, 5.74) is 0. The summed E-state index contributed by atoms with van der Waals surface area (Å²) in [5.74, 6) is 0. The van der Waals surface area contributed by atoms with E-state index in [0.717, 1.165) is 0 Å². The molecule has 0 unspecified atom stereocenters. The van der Waals surface area contributed by atoms with Crippen LogP contribution in [0.3, 0.4) is 0 Å². The van der Waals surface area contributed by atoms with E-state index >= 15 is 0 Å². The van der Waals surface area contributed by atoms with Crippen LogP contribution >= 0.6 is 43.2 Å². The smallest absolute Gasteiger partial charge is 0.0153 e. The van der Waals surface area contributed by atoms with Crippen LogP contribution in [0.15, 0.2) is 87.5 Å². The highest BCUT2D eigenvalue weighted by Gasteiger charge is 2.21. The summed E-state index contributed by atoms with van der Waals surface area (Å²) in [5, 5.41) is 4.31. The standard InChI is InChI=1S/C21H21PS3/c1-23-17-14-12-16(13-15-17)22(18-8-4-6-10-20(18)24-2)19-9-5-7-11-21(19)25-3/h4-15H,1-3H3. The molecule has 0 nitrogen and oxygen atoms in total. The van der Waals surface area contributed by atoms with Gasteiger partial charge in [-0.2, -0.15) is 0 Å². The van der Waals surface area contributed by atoms with E-state index in [1.807, 2.05) is 23.5 Å². The Hall–Kier alpha value is -0.860. The minimum Gasteiger partial charge on any atom is -0.130 e. The first-order chi connectivity index (χ1) is 12.3. The van der Waals surface area contributed by atoms with E-state index in [0.29, 0.717) is 0 Å². The van der Waals surface area contributed by atoms with Crippen LogP contribution in [-0.4, -0.2) is 18.8 Å². The van der Waals surface area contributed by atoms with Crippen LogP contribution in [0.1, 0.15) is 0 Å². The molecule has 0 saturated heterocycles. The summed E-state index contributed by atoms with van der Waals surface area (Å²) in [6.45, 7) is 0. The van der Waals surface area contributed by atoms with Gasteiger partial charge in [0.25, 0.3) is 0 Å². The number of rotatable bonds is 6. The largest absolute Gasteiger partial charge is 0.130 e. The molecule has 0 saturated carbocycles. The monoisotopic (exact) mass is 400 g/mol. The first kappa shape index (κ1) is 18.9. The SMILES string of the molecule is CSc1ccc(P(c2ccccc2SC)c2ccccc2SC)cc1. The first-order valence-corrected chi connectivity index (χ1v) is 13.0. The molecule has 0 aromatic heterocycles. The number of thioether (sulfide) groups is 3. The fraction of sp³-hybridized carbons (Fsp3) is 0.143. The highest BCUT2D eigenvalue weighted by Crippen LogP contribution is 2.39. The predicted octanol–water partition coefficient (Wildman–Crippen LogP) is 5.61. The molecule has 128 valence electrons. The van der Waals surface area contributed by atoms with Crippen LogP contribution in [0.2, 0.25) is 0 Å². The van der Waals surface area contributed by atoms with Crippen LogP contribution in [0.25, 0.3) is 0 Å². The van der Waals surface area contributed by atoms with Crippen molar-refractivity contribution in [1.29, 1.82) is 0 Å². The Morgan fingerprint density at radius 3 is 1.48 bits per heavy atom. The molecule has 4 heteroatoms. The van der Waals surface area contributed by atoms with E-state index in [1.54, 1.807) is 11.8 Å². The summed E-state index contributed by atoms with van der Waals surface area (Å²) >= 11 is 5.47. The van der Waals surface area contributed by atoms with Crippen molar-refractivity contribution in [2.45, 2.75) is 14.7 Å². The molecule has 3 rings (SSSR count). The molecule has 0 aliphatic carbocycles. The maximum Gasteiger partial charge on any atom is 0.0153 e. The van der Waals surface area contributed by atoms with Crippen molar-refractivity contribution in [2.75, 3.05) is 18.8 Å². The van der Waals surface area contributed by atoms with E-state index in [1.165, 1.54) is 30.6 Å². The minimum atomic E-state index is -0.568. The molecule has 0 radical (unpaired) electrons. The number of benzene rings is 3. The topological polar surface area (TPSA) is 0 Å². The molecular weight excluding hydrogens is 379 g/mol. The van der Waals surface area contributed by atoms with Crippen molar-refractivity contribution in [3.8, 4) is 0 Å². The predicted molar refractivity (Wildman–Crippen MR) is 120 cm³/mol. The second kappa shape index (κ2) is 9.19. The zero-order valence-electron chi connectivity index (χ0n) is 14.6. The van der Waals surface area contributed by atoms with Crippen molar-refractivity contribution >= 4 is 59.1 Å². The van der Waals surface area contributed by atoms with Gasteiger partial charge in [0, 0.05) is 14.7 Å². The molecule has 0 spiro atoms. The van der Waals surface area contributed by atoms with Crippen LogP contribution < -0.4 is 15.9 Å². The van der Waals surface area contributed by atoms with Gasteiger partial charge < -0.3 is 0 Å². The molecule has 0 atom stereocenters. The summed E-state index contributed by atoms with van der Waals surface area (Å²) < 4.78 is 0. The van der Waals surface area contributed by atoms with Crippen LogP contribution in [0.4, 0.5) is 0 Å². The summed E-state index contributed by atoms with van der Waals surface area (Å²) in [7, 11) is -0.568. The van der Waals surface area contributed by atoms with E-state index in [-0.39, 0.29) is 0 Å². The molecule has 3 aromatic rings.